The molecule has 0 unspecified atom stereocenters. The van der Waals surface area contributed by atoms with E-state index in [1.807, 2.05) is 6.07 Å². The van der Waals surface area contributed by atoms with Gasteiger partial charge in [0.25, 0.3) is 0 Å². The molecule has 0 spiro atoms. The SMILES string of the molecule is CN1CCN(c2cc(-c3cccc(OC(F)(F)F)c3)nc3ccnn23)CC1. The summed E-state index contributed by atoms with van der Waals surface area (Å²) in [5.41, 5.74) is 1.77. The molecule has 0 N–H and O–H groups in total. The number of hydrogen-bond donors (Lipinski definition) is 0. The number of piperazine rings is 1. The molecule has 27 heavy (non-hydrogen) atoms. The molecule has 4 rings (SSSR count). The molecule has 3 aromatic rings. The molecular weight excluding hydrogens is 359 g/mol. The highest BCUT2D eigenvalue weighted by molar-refractivity contribution is 5.68. The van der Waals surface area contributed by atoms with E-state index in [-0.39, 0.29) is 5.75 Å². The van der Waals surface area contributed by atoms with Crippen molar-refractivity contribution >= 4 is 11.5 Å². The summed E-state index contributed by atoms with van der Waals surface area (Å²) in [5.74, 6) is 0.603. The predicted octanol–water partition coefficient (Wildman–Crippen LogP) is 3.05. The molecule has 0 bridgehead atoms. The molecule has 2 aromatic heterocycles. The van der Waals surface area contributed by atoms with Gasteiger partial charge in [0.2, 0.25) is 0 Å². The van der Waals surface area contributed by atoms with Crippen molar-refractivity contribution in [3.05, 3.63) is 42.6 Å². The number of aromatic nitrogens is 3. The lowest BCUT2D eigenvalue weighted by Gasteiger charge is -2.34. The molecule has 1 aliphatic heterocycles. The summed E-state index contributed by atoms with van der Waals surface area (Å²) in [6.45, 7) is 3.53. The lowest BCUT2D eigenvalue weighted by atomic mass is 10.1. The van der Waals surface area contributed by atoms with Crippen LogP contribution >= 0.6 is 0 Å². The van der Waals surface area contributed by atoms with E-state index in [1.54, 1.807) is 22.8 Å². The normalized spacial score (nSPS) is 16.1. The Hall–Kier alpha value is -2.81. The minimum atomic E-state index is -4.73. The Balaban J connectivity index is 1.74. The monoisotopic (exact) mass is 377 g/mol. The van der Waals surface area contributed by atoms with Gasteiger partial charge in [0, 0.05) is 43.9 Å². The minimum absolute atomic E-state index is 0.267. The number of rotatable bonds is 3. The number of alkyl halides is 3. The summed E-state index contributed by atoms with van der Waals surface area (Å²) >= 11 is 0. The van der Waals surface area contributed by atoms with Gasteiger partial charge in [-0.1, -0.05) is 12.1 Å². The highest BCUT2D eigenvalue weighted by Crippen LogP contribution is 2.29. The fraction of sp³-hybridized carbons (Fsp3) is 0.333. The van der Waals surface area contributed by atoms with Crippen molar-refractivity contribution < 1.29 is 17.9 Å². The van der Waals surface area contributed by atoms with Gasteiger partial charge in [-0.15, -0.1) is 13.2 Å². The van der Waals surface area contributed by atoms with Crippen molar-refractivity contribution in [2.45, 2.75) is 6.36 Å². The number of nitrogens with zero attached hydrogens (tertiary/aromatic N) is 5. The third-order valence-corrected chi connectivity index (χ3v) is 4.53. The van der Waals surface area contributed by atoms with Crippen LogP contribution in [-0.4, -0.2) is 59.1 Å². The Kier molecular flexibility index (Phi) is 4.39. The Morgan fingerprint density at radius 3 is 2.56 bits per heavy atom. The van der Waals surface area contributed by atoms with Crippen LogP contribution in [-0.2, 0) is 0 Å². The average Bonchev–Trinajstić information content (AvgIpc) is 3.09. The summed E-state index contributed by atoms with van der Waals surface area (Å²) in [4.78, 5) is 9.00. The second kappa shape index (κ2) is 6.73. The summed E-state index contributed by atoms with van der Waals surface area (Å²) < 4.78 is 43.4. The van der Waals surface area contributed by atoms with Crippen molar-refractivity contribution in [1.82, 2.24) is 19.5 Å². The van der Waals surface area contributed by atoms with Gasteiger partial charge in [-0.3, -0.25) is 0 Å². The molecule has 1 aliphatic rings. The van der Waals surface area contributed by atoms with E-state index in [0.717, 1.165) is 32.0 Å². The zero-order valence-corrected chi connectivity index (χ0v) is 14.6. The molecule has 1 saturated heterocycles. The molecular formula is C18H18F3N5O. The molecule has 1 aromatic carbocycles. The summed E-state index contributed by atoms with van der Waals surface area (Å²) in [6.07, 6.45) is -3.07. The lowest BCUT2D eigenvalue weighted by molar-refractivity contribution is -0.274. The third kappa shape index (κ3) is 3.82. The molecule has 0 atom stereocenters. The second-order valence-electron chi connectivity index (χ2n) is 6.47. The average molecular weight is 377 g/mol. The molecule has 142 valence electrons. The highest BCUT2D eigenvalue weighted by Gasteiger charge is 2.31. The van der Waals surface area contributed by atoms with Gasteiger partial charge in [0.1, 0.15) is 11.6 Å². The summed E-state index contributed by atoms with van der Waals surface area (Å²) in [6, 6.07) is 9.49. The van der Waals surface area contributed by atoms with E-state index < -0.39 is 6.36 Å². The number of halogens is 3. The Morgan fingerprint density at radius 2 is 1.81 bits per heavy atom. The van der Waals surface area contributed by atoms with E-state index in [0.29, 0.717) is 16.9 Å². The number of hydrogen-bond acceptors (Lipinski definition) is 5. The highest BCUT2D eigenvalue weighted by atomic mass is 19.4. The number of anilines is 1. The standard InChI is InChI=1S/C18H18F3N5O/c1-24-7-9-25(10-8-24)17-12-15(23-16-5-6-22-26(16)17)13-3-2-4-14(11-13)27-18(19,20)21/h2-6,11-12H,7-10H2,1H3. The lowest BCUT2D eigenvalue weighted by Crippen LogP contribution is -2.45. The van der Waals surface area contributed by atoms with Gasteiger partial charge in [-0.25, -0.2) is 4.98 Å². The van der Waals surface area contributed by atoms with Crippen molar-refractivity contribution in [2.24, 2.45) is 0 Å². The van der Waals surface area contributed by atoms with Crippen LogP contribution in [0.2, 0.25) is 0 Å². The summed E-state index contributed by atoms with van der Waals surface area (Å²) in [5, 5.41) is 4.34. The second-order valence-corrected chi connectivity index (χ2v) is 6.47. The zero-order chi connectivity index (χ0) is 19.0. The molecule has 3 heterocycles. The Morgan fingerprint density at radius 1 is 1.04 bits per heavy atom. The molecule has 1 fully saturated rings. The van der Waals surface area contributed by atoms with Crippen LogP contribution in [0.1, 0.15) is 0 Å². The van der Waals surface area contributed by atoms with Gasteiger partial charge in [-0.2, -0.15) is 9.61 Å². The maximum absolute atomic E-state index is 12.5. The first-order valence-corrected chi connectivity index (χ1v) is 8.53. The van der Waals surface area contributed by atoms with Crippen LogP contribution in [0.4, 0.5) is 19.0 Å². The molecule has 6 nitrogen and oxygen atoms in total. The van der Waals surface area contributed by atoms with Gasteiger partial charge in [-0.05, 0) is 19.2 Å². The third-order valence-electron chi connectivity index (χ3n) is 4.53. The van der Waals surface area contributed by atoms with Crippen molar-refractivity contribution in [2.75, 3.05) is 38.1 Å². The minimum Gasteiger partial charge on any atom is -0.406 e. The van der Waals surface area contributed by atoms with E-state index in [4.69, 9.17) is 0 Å². The number of fused-ring (bicyclic) bond motifs is 1. The number of benzene rings is 1. The van der Waals surface area contributed by atoms with Gasteiger partial charge < -0.3 is 14.5 Å². The van der Waals surface area contributed by atoms with Crippen LogP contribution in [0.3, 0.4) is 0 Å². The number of ether oxygens (including phenoxy) is 1. The molecule has 9 heteroatoms. The predicted molar refractivity (Wildman–Crippen MR) is 94.8 cm³/mol. The first kappa shape index (κ1) is 17.6. The Bertz CT molecular complexity index is 948. The maximum Gasteiger partial charge on any atom is 0.573 e. The van der Waals surface area contributed by atoms with Crippen molar-refractivity contribution in [3.8, 4) is 17.0 Å². The molecule has 0 aliphatic carbocycles. The topological polar surface area (TPSA) is 45.9 Å². The van der Waals surface area contributed by atoms with Gasteiger partial charge in [0.15, 0.2) is 5.65 Å². The van der Waals surface area contributed by atoms with E-state index in [2.05, 4.69) is 31.7 Å². The van der Waals surface area contributed by atoms with Crippen molar-refractivity contribution in [1.29, 1.82) is 0 Å². The first-order valence-electron chi connectivity index (χ1n) is 8.53. The smallest absolute Gasteiger partial charge is 0.406 e. The van der Waals surface area contributed by atoms with Crippen molar-refractivity contribution in [3.63, 3.8) is 0 Å². The van der Waals surface area contributed by atoms with Gasteiger partial charge >= 0.3 is 6.36 Å². The first-order chi connectivity index (χ1) is 12.9. The van der Waals surface area contributed by atoms with Gasteiger partial charge in [0.05, 0.1) is 11.9 Å². The van der Waals surface area contributed by atoms with Crippen LogP contribution in [0.5, 0.6) is 5.75 Å². The van der Waals surface area contributed by atoms with Crippen LogP contribution < -0.4 is 9.64 Å². The zero-order valence-electron chi connectivity index (χ0n) is 14.6. The fourth-order valence-corrected chi connectivity index (χ4v) is 3.16. The maximum atomic E-state index is 12.5. The largest absolute Gasteiger partial charge is 0.573 e. The van der Waals surface area contributed by atoms with Crippen LogP contribution in [0, 0.1) is 0 Å². The van der Waals surface area contributed by atoms with E-state index >= 15 is 0 Å². The van der Waals surface area contributed by atoms with Crippen LogP contribution in [0.25, 0.3) is 16.9 Å². The summed E-state index contributed by atoms with van der Waals surface area (Å²) in [7, 11) is 2.07. The molecule has 0 radical (unpaired) electrons. The Labute approximate surface area is 153 Å². The molecule has 0 amide bonds. The number of likely N-dealkylation sites (N-methyl/N-ethyl adjacent to an activating group) is 1. The fourth-order valence-electron chi connectivity index (χ4n) is 3.16. The molecule has 0 saturated carbocycles. The van der Waals surface area contributed by atoms with E-state index in [1.165, 1.54) is 18.2 Å². The van der Waals surface area contributed by atoms with Crippen LogP contribution in [0.15, 0.2) is 42.6 Å². The van der Waals surface area contributed by atoms with E-state index in [9.17, 15) is 13.2 Å². The quantitative estimate of drug-likeness (QED) is 0.702.